The van der Waals surface area contributed by atoms with E-state index in [1.807, 2.05) is 20.8 Å². The van der Waals surface area contributed by atoms with Gasteiger partial charge in [-0.15, -0.1) is 0 Å². The van der Waals surface area contributed by atoms with Crippen molar-refractivity contribution in [3.63, 3.8) is 0 Å². The summed E-state index contributed by atoms with van der Waals surface area (Å²) in [7, 11) is 1.47. The molecule has 0 spiro atoms. The number of phenols is 2. The van der Waals surface area contributed by atoms with Crippen LogP contribution in [0.25, 0.3) is 0 Å². The van der Waals surface area contributed by atoms with Gasteiger partial charge in [-0.3, -0.25) is 4.79 Å². The van der Waals surface area contributed by atoms with Crippen LogP contribution < -0.4 is 9.47 Å². The third kappa shape index (κ3) is 4.93. The molecule has 0 saturated heterocycles. The van der Waals surface area contributed by atoms with Gasteiger partial charge in [0.2, 0.25) is 0 Å². The van der Waals surface area contributed by atoms with Gasteiger partial charge in [-0.25, -0.2) is 0 Å². The summed E-state index contributed by atoms with van der Waals surface area (Å²) in [5.41, 5.74) is 3.95. The number of rotatable bonds is 7. The third-order valence-electron chi connectivity index (χ3n) is 5.68. The maximum absolute atomic E-state index is 13.1. The van der Waals surface area contributed by atoms with E-state index in [9.17, 15) is 15.0 Å². The second kappa shape index (κ2) is 9.29. The van der Waals surface area contributed by atoms with E-state index in [0.717, 1.165) is 17.6 Å². The van der Waals surface area contributed by atoms with Crippen LogP contribution in [0.2, 0.25) is 0 Å². The minimum absolute atomic E-state index is 0.0400. The first kappa shape index (κ1) is 22.5. The molecule has 5 heteroatoms. The summed E-state index contributed by atoms with van der Waals surface area (Å²) >= 11 is 0. The van der Waals surface area contributed by atoms with E-state index in [0.29, 0.717) is 29.0 Å². The number of carbonyl (C=O) groups excluding carboxylic acids is 1. The molecule has 0 amide bonds. The highest BCUT2D eigenvalue weighted by atomic mass is 16.5. The molecule has 31 heavy (non-hydrogen) atoms. The summed E-state index contributed by atoms with van der Waals surface area (Å²) in [6, 6.07) is 8.11. The van der Waals surface area contributed by atoms with E-state index in [1.54, 1.807) is 24.3 Å². The average molecular weight is 423 g/mol. The Morgan fingerprint density at radius 3 is 2.52 bits per heavy atom. The molecular weight excluding hydrogens is 392 g/mol. The van der Waals surface area contributed by atoms with Gasteiger partial charge in [0.05, 0.1) is 13.5 Å². The molecule has 0 bridgehead atoms. The highest BCUT2D eigenvalue weighted by molar-refractivity contribution is 6.03. The third-order valence-corrected chi connectivity index (χ3v) is 5.68. The molecule has 164 valence electrons. The lowest BCUT2D eigenvalue weighted by molar-refractivity contribution is 0.0841. The molecule has 3 rings (SSSR count). The van der Waals surface area contributed by atoms with E-state index in [2.05, 4.69) is 12.7 Å². The van der Waals surface area contributed by atoms with Crippen molar-refractivity contribution in [2.75, 3.05) is 7.11 Å². The quantitative estimate of drug-likeness (QED) is 0.543. The highest BCUT2D eigenvalue weighted by Crippen LogP contribution is 2.47. The summed E-state index contributed by atoms with van der Waals surface area (Å²) in [6.45, 7) is 10.2. The first-order valence-electron chi connectivity index (χ1n) is 10.4. The van der Waals surface area contributed by atoms with Crippen LogP contribution in [0.1, 0.15) is 61.2 Å². The lowest BCUT2D eigenvalue weighted by atomic mass is 9.86. The van der Waals surface area contributed by atoms with E-state index < -0.39 is 6.10 Å². The molecule has 0 saturated carbocycles. The van der Waals surface area contributed by atoms with Crippen LogP contribution in [0.15, 0.2) is 54.1 Å². The number of aromatic hydroxyl groups is 2. The van der Waals surface area contributed by atoms with Gasteiger partial charge in [0, 0.05) is 11.6 Å². The van der Waals surface area contributed by atoms with Crippen LogP contribution in [-0.2, 0) is 6.42 Å². The number of allylic oxidation sites excluding steroid dienone is 3. The lowest BCUT2D eigenvalue weighted by Gasteiger charge is -2.30. The number of hydrogen-bond donors (Lipinski definition) is 2. The van der Waals surface area contributed by atoms with Crippen LogP contribution in [0.4, 0.5) is 0 Å². The summed E-state index contributed by atoms with van der Waals surface area (Å²) < 4.78 is 11.7. The maximum atomic E-state index is 13.1. The molecule has 1 aliphatic rings. The Morgan fingerprint density at radius 2 is 1.94 bits per heavy atom. The molecule has 0 radical (unpaired) electrons. The smallest absolute Gasteiger partial charge is 0.174 e. The van der Waals surface area contributed by atoms with Crippen molar-refractivity contribution in [1.82, 2.24) is 0 Å². The number of ketones is 1. The van der Waals surface area contributed by atoms with Gasteiger partial charge in [-0.05, 0) is 57.2 Å². The Labute approximate surface area is 183 Å². The molecular formula is C26H30O5. The standard InChI is InChI=1S/C26H30O5/c1-15(2)6-7-18(16(3)4)12-20-21(28)13-24(30-5)25-22(29)14-23(31-26(20)25)17-8-10-19(27)11-9-17/h6,8-11,13,18,23,27-28H,3,7,12,14H2,1-2,4-5H3. The Balaban J connectivity index is 2.06. The maximum Gasteiger partial charge on any atom is 0.174 e. The predicted molar refractivity (Wildman–Crippen MR) is 121 cm³/mol. The lowest BCUT2D eigenvalue weighted by Crippen LogP contribution is -2.23. The van der Waals surface area contributed by atoms with Crippen molar-refractivity contribution in [2.24, 2.45) is 5.92 Å². The molecule has 2 aromatic rings. The normalized spacial score (nSPS) is 16.1. The average Bonchev–Trinajstić information content (AvgIpc) is 2.71. The van der Waals surface area contributed by atoms with Crippen molar-refractivity contribution < 1.29 is 24.5 Å². The van der Waals surface area contributed by atoms with E-state index in [-0.39, 0.29) is 29.6 Å². The molecule has 0 aromatic heterocycles. The Hall–Kier alpha value is -3.21. The summed E-state index contributed by atoms with van der Waals surface area (Å²) in [5, 5.41) is 20.4. The number of hydrogen-bond acceptors (Lipinski definition) is 5. The Morgan fingerprint density at radius 1 is 1.26 bits per heavy atom. The monoisotopic (exact) mass is 422 g/mol. The predicted octanol–water partition coefficient (Wildman–Crippen LogP) is 5.90. The summed E-state index contributed by atoms with van der Waals surface area (Å²) in [6.07, 6.45) is 3.07. The molecule has 0 aliphatic carbocycles. The van der Waals surface area contributed by atoms with Crippen molar-refractivity contribution in [2.45, 2.75) is 46.1 Å². The minimum Gasteiger partial charge on any atom is -0.508 e. The second-order valence-electron chi connectivity index (χ2n) is 8.37. The van der Waals surface area contributed by atoms with Gasteiger partial charge in [-0.2, -0.15) is 0 Å². The van der Waals surface area contributed by atoms with E-state index in [4.69, 9.17) is 9.47 Å². The van der Waals surface area contributed by atoms with Gasteiger partial charge < -0.3 is 19.7 Å². The van der Waals surface area contributed by atoms with Gasteiger partial charge in [0.25, 0.3) is 0 Å². The number of carbonyl (C=O) groups is 1. The number of Topliss-reactive ketones (excluding diaryl/α,β-unsaturated/α-hetero) is 1. The van der Waals surface area contributed by atoms with E-state index in [1.165, 1.54) is 18.7 Å². The number of phenolic OH excluding ortho intramolecular Hbond substituents is 2. The molecule has 2 atom stereocenters. The number of ether oxygens (including phenoxy) is 2. The number of methoxy groups -OCH3 is 1. The van der Waals surface area contributed by atoms with Crippen LogP contribution in [0.3, 0.4) is 0 Å². The number of fused-ring (bicyclic) bond motifs is 1. The van der Waals surface area contributed by atoms with Crippen LogP contribution in [0.5, 0.6) is 23.0 Å². The fraction of sp³-hybridized carbons (Fsp3) is 0.346. The zero-order valence-electron chi connectivity index (χ0n) is 18.6. The van der Waals surface area contributed by atoms with Crippen LogP contribution in [0, 0.1) is 5.92 Å². The number of benzene rings is 2. The fourth-order valence-electron chi connectivity index (χ4n) is 3.83. The molecule has 0 fully saturated rings. The van der Waals surface area contributed by atoms with Gasteiger partial charge in [-0.1, -0.05) is 35.9 Å². The van der Waals surface area contributed by atoms with Crippen LogP contribution >= 0.6 is 0 Å². The Kier molecular flexibility index (Phi) is 6.74. The van der Waals surface area contributed by atoms with Gasteiger partial charge >= 0.3 is 0 Å². The highest BCUT2D eigenvalue weighted by Gasteiger charge is 2.34. The molecule has 1 heterocycles. The summed E-state index contributed by atoms with van der Waals surface area (Å²) in [5.74, 6) is 0.851. The second-order valence-corrected chi connectivity index (χ2v) is 8.37. The molecule has 5 nitrogen and oxygen atoms in total. The topological polar surface area (TPSA) is 76.0 Å². The molecule has 1 aliphatic heterocycles. The molecule has 2 aromatic carbocycles. The first-order valence-corrected chi connectivity index (χ1v) is 10.4. The summed E-state index contributed by atoms with van der Waals surface area (Å²) in [4.78, 5) is 13.1. The van der Waals surface area contributed by atoms with Crippen molar-refractivity contribution in [3.05, 3.63) is 70.8 Å². The largest absolute Gasteiger partial charge is 0.508 e. The van der Waals surface area contributed by atoms with Gasteiger partial charge in [0.15, 0.2) is 5.78 Å². The fourth-order valence-corrected chi connectivity index (χ4v) is 3.83. The minimum atomic E-state index is -0.507. The van der Waals surface area contributed by atoms with Gasteiger partial charge in [0.1, 0.15) is 34.7 Å². The molecule has 2 unspecified atom stereocenters. The van der Waals surface area contributed by atoms with E-state index >= 15 is 0 Å². The van der Waals surface area contributed by atoms with Crippen molar-refractivity contribution in [3.8, 4) is 23.0 Å². The Bertz CT molecular complexity index is 1010. The molecule has 2 N–H and O–H groups in total. The van der Waals surface area contributed by atoms with Crippen molar-refractivity contribution in [1.29, 1.82) is 0 Å². The zero-order valence-corrected chi connectivity index (χ0v) is 18.6. The van der Waals surface area contributed by atoms with Crippen molar-refractivity contribution >= 4 is 5.78 Å². The van der Waals surface area contributed by atoms with Crippen LogP contribution in [-0.4, -0.2) is 23.1 Å². The first-order chi connectivity index (χ1) is 14.7. The zero-order chi connectivity index (χ0) is 22.7. The SMILES string of the molecule is C=C(C)C(CC=C(C)C)Cc1c(O)cc(OC)c2c1OC(c1ccc(O)cc1)CC2=O.